The van der Waals surface area contributed by atoms with E-state index in [-0.39, 0.29) is 77.6 Å². The van der Waals surface area contributed by atoms with Gasteiger partial charge < -0.3 is 17.0 Å². The minimum Gasteiger partial charge on any atom is -1.00 e. The van der Waals surface area contributed by atoms with Crippen molar-refractivity contribution in [3.8, 4) is 28.7 Å². The predicted molar refractivity (Wildman–Crippen MR) is 135 cm³/mol. The van der Waals surface area contributed by atoms with Gasteiger partial charge in [-0.3, -0.25) is 0 Å². The molecule has 0 aliphatic heterocycles. The van der Waals surface area contributed by atoms with Crippen LogP contribution in [-0.2, 0) is 16.7 Å². The van der Waals surface area contributed by atoms with E-state index in [1.54, 1.807) is 0 Å². The summed E-state index contributed by atoms with van der Waals surface area (Å²) in [6.07, 6.45) is 0. The first kappa shape index (κ1) is 40.0. The summed E-state index contributed by atoms with van der Waals surface area (Å²) in [6, 6.07) is -2.07. The SMILES string of the molecule is Fc1cc(F)c(F)c([O][W+]([O]c2cc(F)cc(F)c2F)([O]c2cc(F)cc(F)c2F)([O]c2cc(F)cc(F)c2F)[O]c2cc(F)cc(F)c2F)c1.[Br-]. The van der Waals surface area contributed by atoms with Crippen molar-refractivity contribution in [3.05, 3.63) is 148 Å². The van der Waals surface area contributed by atoms with Gasteiger partial charge in [0.15, 0.2) is 0 Å². The Bertz CT molecular complexity index is 1850. The summed E-state index contributed by atoms with van der Waals surface area (Å²) in [5.41, 5.74) is 0. The number of halogens is 16. The van der Waals surface area contributed by atoms with Crippen molar-refractivity contribution in [2.45, 2.75) is 0 Å². The molecule has 0 unspecified atom stereocenters. The van der Waals surface area contributed by atoms with Gasteiger partial charge in [0.2, 0.25) is 0 Å². The molecule has 0 amide bonds. The van der Waals surface area contributed by atoms with Crippen molar-refractivity contribution in [1.82, 2.24) is 0 Å². The molecule has 0 fully saturated rings. The van der Waals surface area contributed by atoms with E-state index in [1.807, 2.05) is 0 Å². The monoisotopic (exact) mass is 998 g/mol. The standard InChI is InChI=1S/5C6H3F3O.BrH.W/c5*7-3-1-4(8)6(9)5(10)2-3;;/h5*1-2,10H;1H;/q;;;;;;+6/p-6. The molecular weight excluding hydrogens is 989 g/mol. The molecular formula is C30H10BrF15O5W. The van der Waals surface area contributed by atoms with Gasteiger partial charge in [0, 0.05) is 0 Å². The second-order valence-electron chi connectivity index (χ2n) is 9.60. The Balaban J connectivity index is 0.00000605. The van der Waals surface area contributed by atoms with Crippen molar-refractivity contribution in [2.75, 3.05) is 0 Å². The minimum absolute atomic E-state index is 0. The van der Waals surface area contributed by atoms with Gasteiger partial charge in [-0.25, -0.2) is 0 Å². The molecule has 0 N–H and O–H groups in total. The third kappa shape index (κ3) is 7.99. The number of hydrogen-bond donors (Lipinski definition) is 0. The minimum atomic E-state index is -9.73. The molecule has 0 aromatic heterocycles. The summed E-state index contributed by atoms with van der Waals surface area (Å²) < 4.78 is 246. The first-order valence-corrected chi connectivity index (χ1v) is 18.9. The maximum absolute atomic E-state index is 15.2. The second-order valence-corrected chi connectivity index (χ2v) is 17.5. The van der Waals surface area contributed by atoms with Crippen LogP contribution in [0.3, 0.4) is 0 Å². The average Bonchev–Trinajstić information content (AvgIpc) is 3.01. The molecule has 52 heavy (non-hydrogen) atoms. The largest absolute Gasteiger partial charge is 1.00 e. The van der Waals surface area contributed by atoms with E-state index < -0.39 is 133 Å². The maximum atomic E-state index is 15.2. The Morgan fingerprint density at radius 2 is 0.423 bits per heavy atom. The van der Waals surface area contributed by atoms with Crippen molar-refractivity contribution >= 4 is 0 Å². The summed E-state index contributed by atoms with van der Waals surface area (Å²) in [6.45, 7) is 0. The molecule has 0 atom stereocenters. The molecule has 5 aromatic carbocycles. The van der Waals surface area contributed by atoms with E-state index >= 15 is 22.0 Å². The molecule has 0 spiro atoms. The van der Waals surface area contributed by atoms with E-state index in [4.69, 9.17) is 17.0 Å². The van der Waals surface area contributed by atoms with Gasteiger partial charge in [-0.2, -0.15) is 0 Å². The number of hydrogen-bond acceptors (Lipinski definition) is 5. The van der Waals surface area contributed by atoms with Crippen molar-refractivity contribution in [2.24, 2.45) is 0 Å². The normalized spacial score (nSPS) is 12.0. The molecule has 5 aromatic rings. The van der Waals surface area contributed by atoms with Crippen LogP contribution in [0.25, 0.3) is 0 Å². The predicted octanol–water partition coefficient (Wildman–Crippen LogP) is 6.74. The Hall–Kier alpha value is -4.78. The van der Waals surface area contributed by atoms with Gasteiger partial charge in [-0.15, -0.1) is 0 Å². The topological polar surface area (TPSA) is 46.2 Å². The van der Waals surface area contributed by atoms with E-state index in [0.717, 1.165) is 0 Å². The van der Waals surface area contributed by atoms with E-state index in [1.165, 1.54) is 0 Å². The molecule has 0 saturated carbocycles. The fourth-order valence-corrected chi connectivity index (χ4v) is 12.5. The molecule has 5 rings (SSSR count). The maximum Gasteiger partial charge on any atom is -1.00 e. The molecule has 0 aliphatic rings. The number of rotatable bonds is 10. The van der Waals surface area contributed by atoms with Crippen molar-refractivity contribution in [3.63, 3.8) is 0 Å². The molecule has 0 heterocycles. The fourth-order valence-electron chi connectivity index (χ4n) is 3.87. The van der Waals surface area contributed by atoms with Crippen LogP contribution in [0, 0.1) is 87.3 Å². The zero-order chi connectivity index (χ0) is 37.6. The van der Waals surface area contributed by atoms with Gasteiger partial charge in [-0.1, -0.05) is 0 Å². The van der Waals surface area contributed by atoms with Gasteiger partial charge in [-0.05, 0) is 0 Å². The Kier molecular flexibility index (Phi) is 11.3. The first-order valence-electron chi connectivity index (χ1n) is 13.0. The summed E-state index contributed by atoms with van der Waals surface area (Å²) in [5, 5.41) is 0. The third-order valence-corrected chi connectivity index (χ3v) is 14.0. The van der Waals surface area contributed by atoms with Crippen LogP contribution in [0.2, 0.25) is 0 Å². The number of benzene rings is 5. The van der Waals surface area contributed by atoms with Crippen LogP contribution in [0.15, 0.2) is 60.7 Å². The van der Waals surface area contributed by atoms with Crippen molar-refractivity contribution in [1.29, 1.82) is 0 Å². The summed E-state index contributed by atoms with van der Waals surface area (Å²) >= 11 is -9.73. The molecule has 0 bridgehead atoms. The van der Waals surface area contributed by atoms with E-state index in [9.17, 15) is 43.9 Å². The van der Waals surface area contributed by atoms with Crippen molar-refractivity contribution < 1.29 is 116 Å². The summed E-state index contributed by atoms with van der Waals surface area (Å²) in [5.74, 6) is -42.9. The molecule has 0 aliphatic carbocycles. The Morgan fingerprint density at radius 3 is 0.577 bits per heavy atom. The van der Waals surface area contributed by atoms with Crippen LogP contribution in [0.5, 0.6) is 28.7 Å². The zero-order valence-electron chi connectivity index (χ0n) is 24.3. The average molecular weight is 999 g/mol. The summed E-state index contributed by atoms with van der Waals surface area (Å²) in [7, 11) is 0. The van der Waals surface area contributed by atoms with Gasteiger partial charge in [0.05, 0.1) is 0 Å². The summed E-state index contributed by atoms with van der Waals surface area (Å²) in [4.78, 5) is 0. The molecule has 0 saturated heterocycles. The van der Waals surface area contributed by atoms with Gasteiger partial charge in [0.25, 0.3) is 0 Å². The van der Waals surface area contributed by atoms with Gasteiger partial charge >= 0.3 is 276 Å². The van der Waals surface area contributed by atoms with Gasteiger partial charge in [0.1, 0.15) is 0 Å². The van der Waals surface area contributed by atoms with E-state index in [0.29, 0.717) is 0 Å². The first-order chi connectivity index (χ1) is 23.8. The smallest absolute Gasteiger partial charge is 1.00 e. The second kappa shape index (κ2) is 14.7. The quantitative estimate of drug-likeness (QED) is 0.115. The van der Waals surface area contributed by atoms with Crippen LogP contribution >= 0.6 is 0 Å². The fraction of sp³-hybridized carbons (Fsp3) is 0. The van der Waals surface area contributed by atoms with E-state index in [2.05, 4.69) is 0 Å². The van der Waals surface area contributed by atoms with Crippen LogP contribution in [0.4, 0.5) is 65.9 Å². The third-order valence-electron chi connectivity index (χ3n) is 5.93. The van der Waals surface area contributed by atoms with Crippen LogP contribution in [0.1, 0.15) is 0 Å². The van der Waals surface area contributed by atoms with Crippen LogP contribution in [-0.4, -0.2) is 0 Å². The van der Waals surface area contributed by atoms with Crippen LogP contribution < -0.4 is 33.9 Å². The molecule has 278 valence electrons. The molecule has 5 nitrogen and oxygen atoms in total. The Labute approximate surface area is 292 Å². The molecule has 22 heteroatoms. The zero-order valence-corrected chi connectivity index (χ0v) is 28.8. The molecule has 0 radical (unpaired) electrons. The Morgan fingerprint density at radius 1 is 0.269 bits per heavy atom.